The Bertz CT molecular complexity index is 1460. The van der Waals surface area contributed by atoms with Gasteiger partial charge in [0.05, 0.1) is 17.2 Å². The number of rotatable bonds is 6. The van der Waals surface area contributed by atoms with Gasteiger partial charge in [0.2, 0.25) is 11.8 Å². The maximum atomic E-state index is 13.5. The summed E-state index contributed by atoms with van der Waals surface area (Å²) < 4.78 is 6.94. The molecule has 4 aromatic rings. The summed E-state index contributed by atoms with van der Waals surface area (Å²) in [6, 6.07) is 13.5. The van der Waals surface area contributed by atoms with Gasteiger partial charge in [-0.05, 0) is 49.7 Å². The van der Waals surface area contributed by atoms with Gasteiger partial charge >= 0.3 is 6.01 Å². The number of ketones is 1. The fourth-order valence-electron chi connectivity index (χ4n) is 4.36. The molecule has 34 heavy (non-hydrogen) atoms. The number of nitrogens with zero attached hydrogens (tertiary/aromatic N) is 3. The third-order valence-electron chi connectivity index (χ3n) is 6.01. The Kier molecular flexibility index (Phi) is 5.24. The van der Waals surface area contributed by atoms with E-state index in [0.717, 1.165) is 11.3 Å². The molecule has 0 saturated carbocycles. The fraction of sp³-hybridized carbons (Fsp3) is 0.240. The van der Waals surface area contributed by atoms with Gasteiger partial charge in [0.15, 0.2) is 11.4 Å². The molecule has 1 N–H and O–H groups in total. The summed E-state index contributed by atoms with van der Waals surface area (Å²) >= 11 is 0. The Balaban J connectivity index is 1.55. The minimum atomic E-state index is -0.920. The number of imide groups is 1. The number of aryl methyl sites for hydroxylation is 1. The largest absolute Gasteiger partial charge is 0.422 e. The van der Waals surface area contributed by atoms with E-state index < -0.39 is 23.3 Å². The van der Waals surface area contributed by atoms with E-state index in [1.807, 2.05) is 19.1 Å². The van der Waals surface area contributed by atoms with Crippen molar-refractivity contribution < 1.29 is 18.8 Å². The van der Waals surface area contributed by atoms with Crippen LogP contribution >= 0.6 is 0 Å². The highest BCUT2D eigenvalue weighted by Gasteiger charge is 2.43. The lowest BCUT2D eigenvalue weighted by Gasteiger charge is -2.15. The van der Waals surface area contributed by atoms with Crippen molar-refractivity contribution in [1.29, 1.82) is 0 Å². The maximum absolute atomic E-state index is 13.5. The summed E-state index contributed by atoms with van der Waals surface area (Å²) in [4.78, 5) is 56.7. The van der Waals surface area contributed by atoms with Crippen LogP contribution in [0.25, 0.3) is 17.1 Å². The van der Waals surface area contributed by atoms with E-state index in [9.17, 15) is 19.2 Å². The first-order chi connectivity index (χ1) is 16.4. The number of H-pyrrole nitrogens is 1. The van der Waals surface area contributed by atoms with Crippen LogP contribution in [0.5, 0.6) is 0 Å². The Morgan fingerprint density at radius 2 is 1.85 bits per heavy atom. The highest BCUT2D eigenvalue weighted by Crippen LogP contribution is 2.34. The van der Waals surface area contributed by atoms with E-state index in [0.29, 0.717) is 34.5 Å². The number of nitrogens with one attached hydrogen (secondary N) is 1. The van der Waals surface area contributed by atoms with Crippen molar-refractivity contribution in [1.82, 2.24) is 14.8 Å². The van der Waals surface area contributed by atoms with Gasteiger partial charge in [0.1, 0.15) is 5.52 Å². The standard InChI is InChI=1S/C25H22N4O5/c1-3-6-19-22(24(33)29(27-19)25-26-18-7-4-5-8-20(18)34-25)17-13-21(31)28(23(17)32)16-11-9-15(10-12-16)14(2)30/h4-5,7-12,17,27H,3,6,13H2,1-2H3. The molecule has 5 rings (SSSR count). The number of amides is 2. The first-order valence-corrected chi connectivity index (χ1v) is 11.1. The number of carbonyl (C=O) groups excluding carboxylic acids is 3. The number of anilines is 1. The zero-order valence-electron chi connectivity index (χ0n) is 18.7. The first kappa shape index (κ1) is 21.6. The number of carbonyl (C=O) groups is 3. The number of fused-ring (bicyclic) bond motifs is 1. The van der Waals surface area contributed by atoms with Gasteiger partial charge in [0, 0.05) is 17.7 Å². The zero-order chi connectivity index (χ0) is 24.0. The zero-order valence-corrected chi connectivity index (χ0v) is 18.7. The molecule has 0 aliphatic carbocycles. The molecule has 1 unspecified atom stereocenters. The van der Waals surface area contributed by atoms with E-state index in [1.54, 1.807) is 36.4 Å². The van der Waals surface area contributed by atoms with Gasteiger partial charge in [-0.25, -0.2) is 0 Å². The normalized spacial score (nSPS) is 16.1. The molecule has 0 radical (unpaired) electrons. The topological polar surface area (TPSA) is 118 Å². The lowest BCUT2D eigenvalue weighted by Crippen LogP contribution is -2.31. The number of benzene rings is 2. The van der Waals surface area contributed by atoms with Gasteiger partial charge in [-0.1, -0.05) is 25.5 Å². The minimum Gasteiger partial charge on any atom is -0.422 e. The molecule has 1 aliphatic rings. The molecule has 9 heteroatoms. The Morgan fingerprint density at radius 1 is 1.12 bits per heavy atom. The lowest BCUT2D eigenvalue weighted by atomic mass is 9.96. The van der Waals surface area contributed by atoms with Crippen molar-refractivity contribution in [3.63, 3.8) is 0 Å². The quantitative estimate of drug-likeness (QED) is 0.349. The number of hydrogen-bond donors (Lipinski definition) is 1. The van der Waals surface area contributed by atoms with E-state index in [1.165, 1.54) is 11.6 Å². The van der Waals surface area contributed by atoms with E-state index >= 15 is 0 Å². The van der Waals surface area contributed by atoms with E-state index in [4.69, 9.17) is 4.42 Å². The highest BCUT2D eigenvalue weighted by atomic mass is 16.4. The molecule has 3 heterocycles. The van der Waals surface area contributed by atoms with Crippen LogP contribution in [0.1, 0.15) is 54.2 Å². The molecule has 0 spiro atoms. The van der Waals surface area contributed by atoms with Crippen LogP contribution < -0.4 is 10.5 Å². The second-order valence-corrected chi connectivity index (χ2v) is 8.29. The molecular weight excluding hydrogens is 436 g/mol. The van der Waals surface area contributed by atoms with Gasteiger partial charge in [-0.2, -0.15) is 9.67 Å². The molecule has 9 nitrogen and oxygen atoms in total. The molecule has 1 atom stereocenters. The molecule has 1 fully saturated rings. The highest BCUT2D eigenvalue weighted by molar-refractivity contribution is 6.22. The third-order valence-corrected chi connectivity index (χ3v) is 6.01. The number of para-hydroxylation sites is 2. The predicted octanol–water partition coefficient (Wildman–Crippen LogP) is 3.51. The van der Waals surface area contributed by atoms with E-state index in [2.05, 4.69) is 10.1 Å². The molecule has 0 bridgehead atoms. The second-order valence-electron chi connectivity index (χ2n) is 8.29. The summed E-state index contributed by atoms with van der Waals surface area (Å²) in [6.45, 7) is 3.41. The third kappa shape index (κ3) is 3.45. The summed E-state index contributed by atoms with van der Waals surface area (Å²) in [5.41, 5.74) is 2.36. The van der Waals surface area contributed by atoms with Crippen molar-refractivity contribution in [3.8, 4) is 6.01 Å². The summed E-state index contributed by atoms with van der Waals surface area (Å²) in [5.74, 6) is -1.91. The van der Waals surface area contributed by atoms with Crippen LogP contribution in [0.4, 0.5) is 5.69 Å². The minimum absolute atomic E-state index is 0.0725. The summed E-state index contributed by atoms with van der Waals surface area (Å²) in [6.07, 6.45) is 1.12. The molecule has 172 valence electrons. The van der Waals surface area contributed by atoms with Crippen LogP contribution in [0.2, 0.25) is 0 Å². The molecule has 2 amide bonds. The van der Waals surface area contributed by atoms with Crippen molar-refractivity contribution in [2.24, 2.45) is 0 Å². The lowest BCUT2D eigenvalue weighted by molar-refractivity contribution is -0.121. The molecular formula is C25H22N4O5. The Hall–Kier alpha value is -4.27. The van der Waals surface area contributed by atoms with Crippen molar-refractivity contribution in [3.05, 3.63) is 75.7 Å². The number of Topliss-reactive ketones (excluding diaryl/α,β-unsaturated/α-hetero) is 1. The summed E-state index contributed by atoms with van der Waals surface area (Å²) in [5, 5.41) is 3.04. The van der Waals surface area contributed by atoms with E-state index in [-0.39, 0.29) is 23.8 Å². The monoisotopic (exact) mass is 458 g/mol. The average molecular weight is 458 g/mol. The van der Waals surface area contributed by atoms with Crippen molar-refractivity contribution in [2.45, 2.75) is 39.0 Å². The van der Waals surface area contributed by atoms with Crippen molar-refractivity contribution >= 4 is 34.4 Å². The summed E-state index contributed by atoms with van der Waals surface area (Å²) in [7, 11) is 0. The van der Waals surface area contributed by atoms with Gasteiger partial charge in [-0.3, -0.25) is 29.2 Å². The predicted molar refractivity (Wildman–Crippen MR) is 124 cm³/mol. The smallest absolute Gasteiger partial charge is 0.325 e. The molecule has 1 saturated heterocycles. The van der Waals surface area contributed by atoms with Gasteiger partial charge < -0.3 is 4.42 Å². The number of hydrogen-bond acceptors (Lipinski definition) is 6. The number of aromatic nitrogens is 3. The SMILES string of the molecule is CCCc1[nH]n(-c2nc3ccccc3o2)c(=O)c1C1CC(=O)N(c2ccc(C(C)=O)cc2)C1=O. The van der Waals surface area contributed by atoms with Crippen LogP contribution in [-0.2, 0) is 16.0 Å². The Labute approximate surface area is 194 Å². The number of oxazole rings is 1. The van der Waals surface area contributed by atoms with Crippen molar-refractivity contribution in [2.75, 3.05) is 4.90 Å². The number of aromatic amines is 1. The first-order valence-electron chi connectivity index (χ1n) is 11.1. The molecule has 2 aromatic carbocycles. The van der Waals surface area contributed by atoms with Crippen LogP contribution in [0.3, 0.4) is 0 Å². The van der Waals surface area contributed by atoms with Crippen LogP contribution in [0, 0.1) is 0 Å². The Morgan fingerprint density at radius 3 is 2.53 bits per heavy atom. The molecule has 1 aliphatic heterocycles. The van der Waals surface area contributed by atoms with Crippen LogP contribution in [0.15, 0.2) is 57.7 Å². The fourth-order valence-corrected chi connectivity index (χ4v) is 4.36. The molecule has 2 aromatic heterocycles. The van der Waals surface area contributed by atoms with Gasteiger partial charge in [0.25, 0.3) is 5.56 Å². The van der Waals surface area contributed by atoms with Crippen LogP contribution in [-0.4, -0.2) is 32.4 Å². The second kappa shape index (κ2) is 8.26. The van der Waals surface area contributed by atoms with Gasteiger partial charge in [-0.15, -0.1) is 0 Å². The average Bonchev–Trinajstić information content (AvgIpc) is 3.47. The maximum Gasteiger partial charge on any atom is 0.325 e.